The van der Waals surface area contributed by atoms with Gasteiger partial charge in [0.05, 0.1) is 50.7 Å². The van der Waals surface area contributed by atoms with E-state index < -0.39 is 155 Å². The second-order valence-electron chi connectivity index (χ2n) is 25.0. The Balaban J connectivity index is 1.59. The molecule has 0 radical (unpaired) electrons. The Morgan fingerprint density at radius 3 is 1.51 bits per heavy atom. The van der Waals surface area contributed by atoms with Gasteiger partial charge in [0.2, 0.25) is 11.8 Å². The smallest absolute Gasteiger partial charge is 0.364 e. The molecule has 0 bridgehead atoms. The Kier molecular flexibility index (Phi) is 42.1. The SMILES string of the molecule is CCCCCCCCCCCCC/C=C/[C@@H](O)[C@H](CO[C@@H]1O[C@H](CO)[C@@H](O[C@@H]2O[C@H](CO)[C@H](O)[C@H](O[C@]3(C(=O)O)C[C@H](O)[C@@H](NC(C)=O)[C@H]([C@H](O)[C@H](O)CO)O3)[C@H]2O)[C@H](O)[C@H]1O)NC(=O)CCCCCCCCCCCCCCCCCCCCCCC. The zero-order valence-electron chi connectivity index (χ0n) is 53.6. The second kappa shape index (κ2) is 46.5. The molecule has 14 N–H and O–H groups in total. The second-order valence-corrected chi connectivity index (χ2v) is 25.0. The molecule has 3 aliphatic rings. The number of amides is 2. The van der Waals surface area contributed by atoms with E-state index >= 15 is 0 Å². The van der Waals surface area contributed by atoms with Gasteiger partial charge in [-0.2, -0.15) is 0 Å². The maximum Gasteiger partial charge on any atom is 0.364 e. The number of unbranched alkanes of at least 4 members (excludes halogenated alkanes) is 31. The van der Waals surface area contributed by atoms with Crippen molar-refractivity contribution in [3.63, 3.8) is 0 Å². The maximum atomic E-state index is 13.4. The highest BCUT2D eigenvalue weighted by atomic mass is 16.8. The van der Waals surface area contributed by atoms with E-state index in [1.165, 1.54) is 154 Å². The Morgan fingerprint density at radius 1 is 0.591 bits per heavy atom. The minimum Gasteiger partial charge on any atom is -0.477 e. The molecule has 3 rings (SSSR count). The fourth-order valence-electron chi connectivity index (χ4n) is 12.0. The van der Waals surface area contributed by atoms with Crippen LogP contribution in [0.15, 0.2) is 12.2 Å². The molecule has 516 valence electrons. The molecule has 0 saturated carbocycles. The molecule has 0 spiro atoms. The number of carboxylic acids is 1. The van der Waals surface area contributed by atoms with Crippen LogP contribution in [0.1, 0.15) is 245 Å². The van der Waals surface area contributed by atoms with Gasteiger partial charge in [-0.15, -0.1) is 0 Å². The third-order valence-electron chi connectivity index (χ3n) is 17.5. The van der Waals surface area contributed by atoms with Crippen LogP contribution in [0.5, 0.6) is 0 Å². The quantitative estimate of drug-likeness (QED) is 0.0264. The summed E-state index contributed by atoms with van der Waals surface area (Å²) >= 11 is 0. The third-order valence-corrected chi connectivity index (χ3v) is 17.5. The van der Waals surface area contributed by atoms with Crippen LogP contribution in [-0.4, -0.2) is 215 Å². The summed E-state index contributed by atoms with van der Waals surface area (Å²) < 4.78 is 34.7. The number of hydrogen-bond donors (Lipinski definition) is 14. The molecule has 3 saturated heterocycles. The summed E-state index contributed by atoms with van der Waals surface area (Å²) in [4.78, 5) is 38.5. The lowest BCUT2D eigenvalue weighted by Crippen LogP contribution is -2.70. The summed E-state index contributed by atoms with van der Waals surface area (Å²) in [6.07, 6.45) is 14.1. The fraction of sp³-hybridized carbons (Fsp3) is 0.923. The Bertz CT molecular complexity index is 1840. The molecule has 23 heteroatoms. The van der Waals surface area contributed by atoms with Gasteiger partial charge < -0.3 is 100 Å². The van der Waals surface area contributed by atoms with Gasteiger partial charge in [0.15, 0.2) is 12.6 Å². The molecular weight excluding hydrogens is 1140 g/mol. The highest BCUT2D eigenvalue weighted by Crippen LogP contribution is 2.39. The van der Waals surface area contributed by atoms with E-state index in [2.05, 4.69) is 24.5 Å². The van der Waals surface area contributed by atoms with E-state index in [1.807, 2.05) is 6.08 Å². The predicted octanol–water partition coefficient (Wildman–Crippen LogP) is 5.51. The third kappa shape index (κ3) is 29.2. The van der Waals surface area contributed by atoms with Crippen molar-refractivity contribution in [1.29, 1.82) is 0 Å². The summed E-state index contributed by atoms with van der Waals surface area (Å²) in [6.45, 7) is 2.13. The van der Waals surface area contributed by atoms with Crippen LogP contribution in [0.4, 0.5) is 0 Å². The van der Waals surface area contributed by atoms with Crippen LogP contribution in [0, 0.1) is 0 Å². The molecule has 0 aromatic carbocycles. The largest absolute Gasteiger partial charge is 0.477 e. The summed E-state index contributed by atoms with van der Waals surface area (Å²) in [5.41, 5.74) is 0. The normalized spacial score (nSPS) is 29.0. The van der Waals surface area contributed by atoms with E-state index in [0.29, 0.717) is 12.8 Å². The minimum absolute atomic E-state index is 0.205. The van der Waals surface area contributed by atoms with Crippen LogP contribution in [0.25, 0.3) is 0 Å². The molecular formula is C65H120N2O21. The molecule has 0 aromatic rings. The van der Waals surface area contributed by atoms with Crippen molar-refractivity contribution in [2.24, 2.45) is 0 Å². The monoisotopic (exact) mass is 1260 g/mol. The average Bonchev–Trinajstić information content (AvgIpc) is 0.829. The van der Waals surface area contributed by atoms with Crippen LogP contribution in [0.3, 0.4) is 0 Å². The Morgan fingerprint density at radius 2 is 1.06 bits per heavy atom. The van der Waals surface area contributed by atoms with Crippen LogP contribution in [-0.2, 0) is 42.8 Å². The van der Waals surface area contributed by atoms with Crippen molar-refractivity contribution in [1.82, 2.24) is 10.6 Å². The van der Waals surface area contributed by atoms with E-state index in [9.17, 15) is 75.7 Å². The topological polar surface area (TPSA) is 373 Å². The first kappa shape index (κ1) is 79.7. The molecule has 0 unspecified atom stereocenters. The van der Waals surface area contributed by atoms with E-state index in [-0.39, 0.29) is 12.3 Å². The van der Waals surface area contributed by atoms with Gasteiger partial charge in [0, 0.05) is 19.8 Å². The van der Waals surface area contributed by atoms with Crippen molar-refractivity contribution in [3.05, 3.63) is 12.2 Å². The first-order valence-corrected chi connectivity index (χ1v) is 34.1. The standard InChI is InChI=1S/C65H120N2O21/c1-4-6-8-10-12-14-16-18-19-20-21-22-23-24-25-27-29-31-33-35-37-39-52(75)67-46(47(72)38-36-34-32-30-28-26-17-15-13-11-9-7-5-2)44-83-62-57(79)56(78)59(51(43-70)85-62)86-63-58(80)61(55(77)50(42-69)84-63)88-65(64(81)82)40-48(73)53(66-45(3)71)60(87-65)54(76)49(74)41-68/h36,38,46-51,53-63,68-70,72-74,76-80H,4-35,37,39-44H2,1-3H3,(H,66,71)(H,67,75)(H,81,82)/b38-36+/t46-,47+,48-,49+,50+,51+,53+,54+,55-,56+,57+,58+,59+,60+,61-,62+,63-,65-/m0/s1. The Hall–Kier alpha value is -2.53. The summed E-state index contributed by atoms with van der Waals surface area (Å²) in [5, 5.41) is 136. The minimum atomic E-state index is -3.08. The van der Waals surface area contributed by atoms with Gasteiger partial charge in [-0.3, -0.25) is 9.59 Å². The molecule has 23 nitrogen and oxygen atoms in total. The van der Waals surface area contributed by atoms with Crippen molar-refractivity contribution in [2.45, 2.75) is 355 Å². The lowest BCUT2D eigenvalue weighted by Gasteiger charge is -2.50. The molecule has 3 fully saturated rings. The maximum absolute atomic E-state index is 13.4. The lowest BCUT2D eigenvalue weighted by atomic mass is 9.88. The lowest BCUT2D eigenvalue weighted by molar-refractivity contribution is -0.386. The van der Waals surface area contributed by atoms with E-state index in [1.54, 1.807) is 6.08 Å². The summed E-state index contributed by atoms with van der Waals surface area (Å²) in [5.74, 6) is -6.14. The molecule has 88 heavy (non-hydrogen) atoms. The van der Waals surface area contributed by atoms with Gasteiger partial charge in [-0.1, -0.05) is 219 Å². The predicted molar refractivity (Wildman–Crippen MR) is 329 cm³/mol. The van der Waals surface area contributed by atoms with Gasteiger partial charge in [-0.05, 0) is 19.3 Å². The van der Waals surface area contributed by atoms with Gasteiger partial charge in [-0.25, -0.2) is 4.79 Å². The Labute approximate surface area is 524 Å². The van der Waals surface area contributed by atoms with Crippen molar-refractivity contribution in [2.75, 3.05) is 26.4 Å². The number of aliphatic hydroxyl groups is 11. The molecule has 0 aliphatic carbocycles. The number of carbonyl (C=O) groups excluding carboxylic acids is 2. The van der Waals surface area contributed by atoms with Crippen LogP contribution >= 0.6 is 0 Å². The number of aliphatic carboxylic acids is 1. The zero-order chi connectivity index (χ0) is 64.7. The summed E-state index contributed by atoms with van der Waals surface area (Å²) in [7, 11) is 0. The number of rotatable bonds is 51. The van der Waals surface area contributed by atoms with Crippen LogP contribution in [0.2, 0.25) is 0 Å². The van der Waals surface area contributed by atoms with Crippen molar-refractivity contribution >= 4 is 17.8 Å². The number of carboxylic acid groups (broad SMARTS) is 1. The van der Waals surface area contributed by atoms with Crippen molar-refractivity contribution in [3.8, 4) is 0 Å². The van der Waals surface area contributed by atoms with Gasteiger partial charge in [0.1, 0.15) is 67.1 Å². The van der Waals surface area contributed by atoms with Crippen molar-refractivity contribution < 1.29 is 104 Å². The molecule has 3 heterocycles. The highest BCUT2D eigenvalue weighted by Gasteiger charge is 2.60. The molecule has 3 aliphatic heterocycles. The number of ether oxygens (including phenoxy) is 6. The molecule has 18 atom stereocenters. The van der Waals surface area contributed by atoms with E-state index in [4.69, 9.17) is 28.4 Å². The van der Waals surface area contributed by atoms with Gasteiger partial charge in [0.25, 0.3) is 5.79 Å². The first-order valence-electron chi connectivity index (χ1n) is 34.1. The zero-order valence-corrected chi connectivity index (χ0v) is 53.6. The van der Waals surface area contributed by atoms with Crippen LogP contribution < -0.4 is 10.6 Å². The number of carbonyl (C=O) groups is 3. The molecule has 2 amide bonds. The number of hydrogen-bond acceptors (Lipinski definition) is 20. The number of allylic oxidation sites excluding steroid dienone is 1. The first-order chi connectivity index (χ1) is 42.4. The number of aliphatic hydroxyl groups excluding tert-OH is 11. The van der Waals surface area contributed by atoms with Gasteiger partial charge >= 0.3 is 5.97 Å². The molecule has 0 aromatic heterocycles. The average molecular weight is 1270 g/mol. The highest BCUT2D eigenvalue weighted by molar-refractivity contribution is 5.77. The van der Waals surface area contributed by atoms with E-state index in [0.717, 1.165) is 51.9 Å². The number of nitrogens with one attached hydrogen (secondary N) is 2. The summed E-state index contributed by atoms with van der Waals surface area (Å²) in [6, 6.07) is -2.61. The fourth-order valence-corrected chi connectivity index (χ4v) is 12.0.